The van der Waals surface area contributed by atoms with E-state index in [2.05, 4.69) is 9.97 Å². The second-order valence-electron chi connectivity index (χ2n) is 7.08. The number of amides is 1. The van der Waals surface area contributed by atoms with Gasteiger partial charge in [0, 0.05) is 30.4 Å². The fourth-order valence-corrected chi connectivity index (χ4v) is 3.33. The van der Waals surface area contributed by atoms with Crippen LogP contribution >= 0.6 is 0 Å². The Kier molecular flexibility index (Phi) is 4.44. The Bertz CT molecular complexity index is 1160. The van der Waals surface area contributed by atoms with Crippen molar-refractivity contribution in [1.29, 1.82) is 0 Å². The van der Waals surface area contributed by atoms with Crippen molar-refractivity contribution in [1.82, 2.24) is 19.4 Å². The zero-order valence-corrected chi connectivity index (χ0v) is 15.3. The smallest absolute Gasteiger partial charge is 0.340 e. The highest BCUT2D eigenvalue weighted by Gasteiger charge is 2.48. The number of likely N-dealkylation sites (tertiary alicyclic amines) is 1. The number of nitrogens with zero attached hydrogens (tertiary/aromatic N) is 3. The number of H-pyrrole nitrogens is 1. The first kappa shape index (κ1) is 19.2. The number of rotatable bonds is 3. The SMILES string of the molecule is Cc1cccc(-c2cnc3[nH]c(=O)n(CC(=O)N4CC(C(F)(F)F)C4)c3c2)c1F. The van der Waals surface area contributed by atoms with Gasteiger partial charge in [0.1, 0.15) is 12.4 Å². The van der Waals surface area contributed by atoms with Crippen molar-refractivity contribution in [2.45, 2.75) is 19.6 Å². The minimum Gasteiger partial charge on any atom is -0.340 e. The average molecular weight is 408 g/mol. The van der Waals surface area contributed by atoms with Gasteiger partial charge in [-0.05, 0) is 18.6 Å². The van der Waals surface area contributed by atoms with E-state index in [4.69, 9.17) is 0 Å². The van der Waals surface area contributed by atoms with Gasteiger partial charge in [-0.3, -0.25) is 14.3 Å². The third-order valence-corrected chi connectivity index (χ3v) is 5.12. The molecule has 0 radical (unpaired) electrons. The van der Waals surface area contributed by atoms with Crippen molar-refractivity contribution in [3.63, 3.8) is 0 Å². The monoisotopic (exact) mass is 408 g/mol. The summed E-state index contributed by atoms with van der Waals surface area (Å²) in [4.78, 5) is 32.2. The Hall–Kier alpha value is -3.17. The van der Waals surface area contributed by atoms with Crippen LogP contribution in [0, 0.1) is 18.7 Å². The summed E-state index contributed by atoms with van der Waals surface area (Å²) in [6.45, 7) is 0.358. The van der Waals surface area contributed by atoms with Crippen LogP contribution in [0.25, 0.3) is 22.3 Å². The number of aryl methyl sites for hydroxylation is 1. The lowest BCUT2D eigenvalue weighted by Gasteiger charge is -2.40. The highest BCUT2D eigenvalue weighted by atomic mass is 19.4. The van der Waals surface area contributed by atoms with E-state index in [9.17, 15) is 27.2 Å². The molecule has 152 valence electrons. The molecule has 3 aromatic rings. The number of benzene rings is 1. The molecule has 2 aromatic heterocycles. The molecule has 3 heterocycles. The number of carbonyl (C=O) groups excluding carboxylic acids is 1. The summed E-state index contributed by atoms with van der Waals surface area (Å²) in [6, 6.07) is 6.41. The summed E-state index contributed by atoms with van der Waals surface area (Å²) in [5.41, 5.74) is 1.02. The quantitative estimate of drug-likeness (QED) is 0.678. The number of aromatic nitrogens is 3. The number of alkyl halides is 3. The molecule has 1 saturated heterocycles. The lowest BCUT2D eigenvalue weighted by atomic mass is 9.99. The Balaban J connectivity index is 1.63. The molecule has 0 saturated carbocycles. The molecule has 1 fully saturated rings. The molecular formula is C19H16F4N4O2. The van der Waals surface area contributed by atoms with Crippen LogP contribution in [-0.4, -0.2) is 44.6 Å². The summed E-state index contributed by atoms with van der Waals surface area (Å²) in [6.07, 6.45) is -2.93. The first-order valence-electron chi connectivity index (χ1n) is 8.83. The number of aromatic amines is 1. The molecule has 1 aliphatic rings. The second-order valence-corrected chi connectivity index (χ2v) is 7.08. The molecule has 10 heteroatoms. The number of carbonyl (C=O) groups is 1. The average Bonchev–Trinajstić information content (AvgIpc) is 2.90. The summed E-state index contributed by atoms with van der Waals surface area (Å²) in [7, 11) is 0. The molecule has 0 unspecified atom stereocenters. The fraction of sp³-hybridized carbons (Fsp3) is 0.316. The largest absolute Gasteiger partial charge is 0.395 e. The Morgan fingerprint density at radius 3 is 2.72 bits per heavy atom. The topological polar surface area (TPSA) is 71.0 Å². The van der Waals surface area contributed by atoms with Crippen molar-refractivity contribution in [3.05, 3.63) is 52.3 Å². The number of pyridine rings is 1. The van der Waals surface area contributed by atoms with E-state index in [0.29, 0.717) is 16.7 Å². The number of fused-ring (bicyclic) bond motifs is 1. The molecule has 0 bridgehead atoms. The standard InChI is InChI=1S/C19H16F4N4O2/c1-10-3-2-4-13(16(10)20)11-5-14-17(24-6-11)25-18(29)27(14)9-15(28)26-7-12(8-26)19(21,22)23/h2-6,12H,7-9H2,1H3,(H,24,25,29). The van der Waals surface area contributed by atoms with Gasteiger partial charge < -0.3 is 4.90 Å². The molecule has 1 N–H and O–H groups in total. The van der Waals surface area contributed by atoms with Crippen molar-refractivity contribution >= 4 is 17.1 Å². The summed E-state index contributed by atoms with van der Waals surface area (Å²) in [5, 5.41) is 0. The maximum Gasteiger partial charge on any atom is 0.395 e. The fourth-order valence-electron chi connectivity index (χ4n) is 3.33. The lowest BCUT2D eigenvalue weighted by Crippen LogP contribution is -2.56. The van der Waals surface area contributed by atoms with E-state index in [1.165, 1.54) is 12.3 Å². The number of nitrogens with one attached hydrogen (secondary N) is 1. The van der Waals surface area contributed by atoms with Crippen molar-refractivity contribution in [2.75, 3.05) is 13.1 Å². The van der Waals surface area contributed by atoms with Crippen LogP contribution in [0.1, 0.15) is 5.56 Å². The van der Waals surface area contributed by atoms with Crippen LogP contribution in [-0.2, 0) is 11.3 Å². The molecule has 1 aromatic carbocycles. The van der Waals surface area contributed by atoms with Gasteiger partial charge in [-0.1, -0.05) is 18.2 Å². The number of imidazole rings is 1. The number of hydrogen-bond donors (Lipinski definition) is 1. The predicted molar refractivity (Wildman–Crippen MR) is 96.6 cm³/mol. The highest BCUT2D eigenvalue weighted by molar-refractivity contribution is 5.82. The molecule has 0 aliphatic carbocycles. The van der Waals surface area contributed by atoms with Crippen molar-refractivity contribution in [3.8, 4) is 11.1 Å². The molecular weight excluding hydrogens is 392 g/mol. The van der Waals surface area contributed by atoms with Crippen LogP contribution < -0.4 is 5.69 Å². The molecule has 6 nitrogen and oxygen atoms in total. The van der Waals surface area contributed by atoms with E-state index in [1.807, 2.05) is 0 Å². The van der Waals surface area contributed by atoms with Crippen LogP contribution in [0.5, 0.6) is 0 Å². The second kappa shape index (κ2) is 6.71. The van der Waals surface area contributed by atoms with Crippen LogP contribution in [0.2, 0.25) is 0 Å². The number of hydrogen-bond acceptors (Lipinski definition) is 3. The van der Waals surface area contributed by atoms with Crippen LogP contribution in [0.3, 0.4) is 0 Å². The van der Waals surface area contributed by atoms with Crippen molar-refractivity contribution < 1.29 is 22.4 Å². The summed E-state index contributed by atoms with van der Waals surface area (Å²) >= 11 is 0. The van der Waals surface area contributed by atoms with Crippen molar-refractivity contribution in [2.24, 2.45) is 5.92 Å². The molecule has 0 atom stereocenters. The van der Waals surface area contributed by atoms with Gasteiger partial charge >= 0.3 is 11.9 Å². The van der Waals surface area contributed by atoms with Gasteiger partial charge in [0.05, 0.1) is 11.4 Å². The van der Waals surface area contributed by atoms with E-state index in [1.54, 1.807) is 25.1 Å². The molecule has 4 rings (SSSR count). The minimum absolute atomic E-state index is 0.205. The summed E-state index contributed by atoms with van der Waals surface area (Å²) < 4.78 is 53.4. The van der Waals surface area contributed by atoms with Crippen LogP contribution in [0.15, 0.2) is 35.3 Å². The van der Waals surface area contributed by atoms with Gasteiger partial charge in [0.2, 0.25) is 5.91 Å². The molecule has 0 spiro atoms. The molecule has 1 aliphatic heterocycles. The highest BCUT2D eigenvalue weighted by Crippen LogP contribution is 2.33. The molecule has 29 heavy (non-hydrogen) atoms. The summed E-state index contributed by atoms with van der Waals surface area (Å²) in [5.74, 6) is -2.56. The third-order valence-electron chi connectivity index (χ3n) is 5.12. The van der Waals surface area contributed by atoms with E-state index < -0.39 is 49.1 Å². The lowest BCUT2D eigenvalue weighted by molar-refractivity contribution is -0.209. The third kappa shape index (κ3) is 3.39. The molecule has 1 amide bonds. The minimum atomic E-state index is -4.34. The Labute approximate surface area is 161 Å². The van der Waals surface area contributed by atoms with Gasteiger partial charge in [-0.2, -0.15) is 13.2 Å². The zero-order chi connectivity index (χ0) is 20.9. The predicted octanol–water partition coefficient (Wildman–Crippen LogP) is 2.86. The van der Waals surface area contributed by atoms with Gasteiger partial charge in [0.25, 0.3) is 0 Å². The van der Waals surface area contributed by atoms with Gasteiger partial charge in [-0.25, -0.2) is 14.2 Å². The number of halogens is 4. The van der Waals surface area contributed by atoms with Gasteiger partial charge in [-0.15, -0.1) is 0 Å². The first-order valence-corrected chi connectivity index (χ1v) is 8.83. The van der Waals surface area contributed by atoms with E-state index in [0.717, 1.165) is 9.47 Å². The zero-order valence-electron chi connectivity index (χ0n) is 15.3. The Morgan fingerprint density at radius 1 is 1.31 bits per heavy atom. The Morgan fingerprint density at radius 2 is 2.03 bits per heavy atom. The van der Waals surface area contributed by atoms with E-state index >= 15 is 0 Å². The van der Waals surface area contributed by atoms with Crippen LogP contribution in [0.4, 0.5) is 17.6 Å². The van der Waals surface area contributed by atoms with Gasteiger partial charge in [0.15, 0.2) is 5.65 Å². The normalized spacial score (nSPS) is 15.0. The van der Waals surface area contributed by atoms with E-state index in [-0.39, 0.29) is 11.2 Å². The maximum absolute atomic E-state index is 14.4. The first-order chi connectivity index (χ1) is 13.6. The maximum atomic E-state index is 14.4.